The van der Waals surface area contributed by atoms with E-state index in [0.717, 1.165) is 34.6 Å². The van der Waals surface area contributed by atoms with Gasteiger partial charge in [0.1, 0.15) is 11.5 Å². The minimum atomic E-state index is 0.0178. The van der Waals surface area contributed by atoms with E-state index in [2.05, 4.69) is 18.2 Å². The third-order valence-electron chi connectivity index (χ3n) is 6.12. The van der Waals surface area contributed by atoms with E-state index in [1.54, 1.807) is 28.3 Å². The summed E-state index contributed by atoms with van der Waals surface area (Å²) in [6.45, 7) is 6.70. The summed E-state index contributed by atoms with van der Waals surface area (Å²) in [5.41, 5.74) is 3.21. The molecule has 0 N–H and O–H groups in total. The lowest BCUT2D eigenvalue weighted by molar-refractivity contribution is -0.129. The highest BCUT2D eigenvalue weighted by atomic mass is 16.5. The van der Waals surface area contributed by atoms with Gasteiger partial charge in [-0.05, 0) is 61.7 Å². The zero-order chi connectivity index (χ0) is 26.1. The van der Waals surface area contributed by atoms with E-state index >= 15 is 0 Å². The fraction of sp³-hybridized carbons (Fsp3) is 0.367. The summed E-state index contributed by atoms with van der Waals surface area (Å²) in [6, 6.07) is 22.0. The molecule has 0 bridgehead atoms. The standard InChI is InChI=1S/C30H37NO5/c1-21(2)36-25-14-12-24(13-15-25)26(27-9-7-8-10-28(27)33-4)17-18-31(22(3)32)20-23-11-16-29(34-5)30(19-23)35-6/h7-16,19,21,26H,17-18,20H2,1-6H3/t26-/m0/s1. The molecule has 0 aliphatic rings. The molecule has 3 rings (SSSR count). The molecule has 0 aromatic heterocycles. The van der Waals surface area contributed by atoms with Gasteiger partial charge < -0.3 is 23.8 Å². The molecule has 3 aromatic rings. The molecule has 0 radical (unpaired) electrons. The molecule has 1 atom stereocenters. The first-order chi connectivity index (χ1) is 17.4. The van der Waals surface area contributed by atoms with Gasteiger partial charge in [0.2, 0.25) is 5.91 Å². The fourth-order valence-electron chi connectivity index (χ4n) is 4.34. The second kappa shape index (κ2) is 12.9. The van der Waals surface area contributed by atoms with Gasteiger partial charge in [-0.25, -0.2) is 0 Å². The Balaban J connectivity index is 1.86. The average Bonchev–Trinajstić information content (AvgIpc) is 2.88. The summed E-state index contributed by atoms with van der Waals surface area (Å²) in [5, 5.41) is 0. The number of carbonyl (C=O) groups excluding carboxylic acids is 1. The molecule has 0 fully saturated rings. The highest BCUT2D eigenvalue weighted by Crippen LogP contribution is 2.35. The zero-order valence-corrected chi connectivity index (χ0v) is 22.1. The molecule has 0 saturated carbocycles. The molecule has 6 nitrogen and oxygen atoms in total. The number of methoxy groups -OCH3 is 3. The molecular weight excluding hydrogens is 454 g/mol. The number of benzene rings is 3. The lowest BCUT2D eigenvalue weighted by Crippen LogP contribution is -2.30. The van der Waals surface area contributed by atoms with Crippen LogP contribution in [0.2, 0.25) is 0 Å². The van der Waals surface area contributed by atoms with E-state index in [0.29, 0.717) is 24.6 Å². The van der Waals surface area contributed by atoms with Crippen molar-refractivity contribution in [3.63, 3.8) is 0 Å². The summed E-state index contributed by atoms with van der Waals surface area (Å²) < 4.78 is 22.3. The number of para-hydroxylation sites is 1. The second-order valence-corrected chi connectivity index (χ2v) is 8.95. The minimum absolute atomic E-state index is 0.0178. The van der Waals surface area contributed by atoms with Crippen LogP contribution in [0.5, 0.6) is 23.0 Å². The molecule has 0 aliphatic carbocycles. The number of hydrogen-bond acceptors (Lipinski definition) is 5. The van der Waals surface area contributed by atoms with Crippen LogP contribution in [0.1, 0.15) is 49.8 Å². The van der Waals surface area contributed by atoms with Gasteiger partial charge >= 0.3 is 0 Å². The average molecular weight is 492 g/mol. The summed E-state index contributed by atoms with van der Waals surface area (Å²) in [4.78, 5) is 14.5. The summed E-state index contributed by atoms with van der Waals surface area (Å²) in [6.07, 6.45) is 0.846. The van der Waals surface area contributed by atoms with Crippen molar-refractivity contribution in [3.05, 3.63) is 83.4 Å². The SMILES string of the molecule is COc1ccc(CN(CC[C@@H](c2ccc(OC(C)C)cc2)c2ccccc2OC)C(C)=O)cc1OC. The zero-order valence-electron chi connectivity index (χ0n) is 22.1. The third kappa shape index (κ3) is 6.94. The van der Waals surface area contributed by atoms with Crippen molar-refractivity contribution in [1.82, 2.24) is 4.90 Å². The van der Waals surface area contributed by atoms with Crippen LogP contribution >= 0.6 is 0 Å². The highest BCUT2D eigenvalue weighted by molar-refractivity contribution is 5.73. The smallest absolute Gasteiger partial charge is 0.219 e. The minimum Gasteiger partial charge on any atom is -0.496 e. The molecule has 1 amide bonds. The van der Waals surface area contributed by atoms with E-state index in [-0.39, 0.29) is 17.9 Å². The Kier molecular flexibility index (Phi) is 9.62. The molecule has 0 heterocycles. The van der Waals surface area contributed by atoms with E-state index < -0.39 is 0 Å². The number of carbonyl (C=O) groups is 1. The van der Waals surface area contributed by atoms with Crippen molar-refractivity contribution in [1.29, 1.82) is 0 Å². The summed E-state index contributed by atoms with van der Waals surface area (Å²) >= 11 is 0. The van der Waals surface area contributed by atoms with Crippen LogP contribution in [0.15, 0.2) is 66.7 Å². The number of ether oxygens (including phenoxy) is 4. The van der Waals surface area contributed by atoms with E-state index in [9.17, 15) is 4.79 Å². The molecule has 36 heavy (non-hydrogen) atoms. The van der Waals surface area contributed by atoms with Gasteiger partial charge in [0.25, 0.3) is 0 Å². The summed E-state index contributed by atoms with van der Waals surface area (Å²) in [7, 11) is 4.91. The molecule has 3 aromatic carbocycles. The Bertz CT molecular complexity index is 1130. The Morgan fingerprint density at radius 2 is 1.50 bits per heavy atom. The normalized spacial score (nSPS) is 11.6. The van der Waals surface area contributed by atoms with Gasteiger partial charge in [-0.2, -0.15) is 0 Å². The first-order valence-corrected chi connectivity index (χ1v) is 12.2. The van der Waals surface area contributed by atoms with Crippen LogP contribution in [0.3, 0.4) is 0 Å². The van der Waals surface area contributed by atoms with Crippen LogP contribution in [0, 0.1) is 0 Å². The van der Waals surface area contributed by atoms with Gasteiger partial charge in [-0.1, -0.05) is 36.4 Å². The fourth-order valence-corrected chi connectivity index (χ4v) is 4.34. The molecule has 192 valence electrons. The Labute approximate surface area is 214 Å². The molecule has 0 unspecified atom stereocenters. The Hall–Kier alpha value is -3.67. The van der Waals surface area contributed by atoms with Crippen molar-refractivity contribution in [2.75, 3.05) is 27.9 Å². The van der Waals surface area contributed by atoms with Crippen molar-refractivity contribution in [3.8, 4) is 23.0 Å². The quantitative estimate of drug-likeness (QED) is 0.308. The molecule has 0 spiro atoms. The van der Waals surface area contributed by atoms with E-state index in [4.69, 9.17) is 18.9 Å². The topological polar surface area (TPSA) is 57.2 Å². The largest absolute Gasteiger partial charge is 0.496 e. The number of rotatable bonds is 12. The van der Waals surface area contributed by atoms with Crippen molar-refractivity contribution in [2.24, 2.45) is 0 Å². The maximum absolute atomic E-state index is 12.6. The Morgan fingerprint density at radius 1 is 0.833 bits per heavy atom. The molecular formula is C30H37NO5. The van der Waals surface area contributed by atoms with Gasteiger partial charge in [0.05, 0.1) is 27.4 Å². The van der Waals surface area contributed by atoms with Crippen molar-refractivity contribution < 1.29 is 23.7 Å². The van der Waals surface area contributed by atoms with Gasteiger partial charge in [-0.3, -0.25) is 4.79 Å². The second-order valence-electron chi connectivity index (χ2n) is 8.95. The third-order valence-corrected chi connectivity index (χ3v) is 6.12. The van der Waals surface area contributed by atoms with Gasteiger partial charge in [0, 0.05) is 31.5 Å². The highest BCUT2D eigenvalue weighted by Gasteiger charge is 2.21. The van der Waals surface area contributed by atoms with E-state index in [1.165, 1.54) is 0 Å². The maximum atomic E-state index is 12.6. The van der Waals surface area contributed by atoms with Gasteiger partial charge in [0.15, 0.2) is 11.5 Å². The maximum Gasteiger partial charge on any atom is 0.219 e. The predicted octanol–water partition coefficient (Wildman–Crippen LogP) is 6.07. The molecule has 0 saturated heterocycles. The monoisotopic (exact) mass is 491 g/mol. The van der Waals surface area contributed by atoms with Crippen molar-refractivity contribution in [2.45, 2.75) is 45.8 Å². The molecule has 0 aliphatic heterocycles. The lowest BCUT2D eigenvalue weighted by Gasteiger charge is -2.26. The molecule has 6 heteroatoms. The predicted molar refractivity (Wildman–Crippen MR) is 142 cm³/mol. The van der Waals surface area contributed by atoms with Crippen LogP contribution in [0.4, 0.5) is 0 Å². The van der Waals surface area contributed by atoms with Crippen LogP contribution in [0.25, 0.3) is 0 Å². The summed E-state index contributed by atoms with van der Waals surface area (Å²) in [5.74, 6) is 3.04. The first kappa shape index (κ1) is 26.9. The number of amides is 1. The van der Waals surface area contributed by atoms with Crippen LogP contribution in [-0.4, -0.2) is 44.8 Å². The van der Waals surface area contributed by atoms with Crippen molar-refractivity contribution >= 4 is 5.91 Å². The van der Waals surface area contributed by atoms with Crippen LogP contribution in [-0.2, 0) is 11.3 Å². The Morgan fingerprint density at radius 3 is 2.11 bits per heavy atom. The van der Waals surface area contributed by atoms with Gasteiger partial charge in [-0.15, -0.1) is 0 Å². The lowest BCUT2D eigenvalue weighted by atomic mass is 9.87. The van der Waals surface area contributed by atoms with E-state index in [1.807, 2.05) is 67.3 Å². The first-order valence-electron chi connectivity index (χ1n) is 12.2. The number of hydrogen-bond donors (Lipinski definition) is 0. The van der Waals surface area contributed by atoms with Crippen LogP contribution < -0.4 is 18.9 Å². The number of nitrogens with zero attached hydrogens (tertiary/aromatic N) is 1.